The molecule has 2 rings (SSSR count). The highest BCUT2D eigenvalue weighted by Crippen LogP contribution is 2.35. The Morgan fingerprint density at radius 2 is 1.81 bits per heavy atom. The summed E-state index contributed by atoms with van der Waals surface area (Å²) in [4.78, 5) is 0. The van der Waals surface area contributed by atoms with Crippen molar-refractivity contribution in [3.05, 3.63) is 57.6 Å². The van der Waals surface area contributed by atoms with Gasteiger partial charge < -0.3 is 4.74 Å². The van der Waals surface area contributed by atoms with Crippen LogP contribution < -0.4 is 4.74 Å². The van der Waals surface area contributed by atoms with Crippen molar-refractivity contribution in [1.29, 1.82) is 5.26 Å². The Morgan fingerprint density at radius 3 is 2.43 bits per heavy atom. The van der Waals surface area contributed by atoms with E-state index in [0.29, 0.717) is 5.75 Å². The highest BCUT2D eigenvalue weighted by atomic mass is 79.9. The first-order valence-corrected chi connectivity index (χ1v) is 6.66. The zero-order valence-corrected chi connectivity index (χ0v) is 12.4. The predicted molar refractivity (Wildman–Crippen MR) is 75.1 cm³/mol. The summed E-state index contributed by atoms with van der Waals surface area (Å²) in [7, 11) is 0. The number of hydrogen-bond acceptors (Lipinski definition) is 2. The van der Waals surface area contributed by atoms with Gasteiger partial charge in [0.25, 0.3) is 0 Å². The fourth-order valence-electron chi connectivity index (χ4n) is 1.69. The molecule has 0 heterocycles. The van der Waals surface area contributed by atoms with Crippen LogP contribution in [0.5, 0.6) is 11.5 Å². The normalized spacial score (nSPS) is 11.0. The molecule has 0 unspecified atom stereocenters. The van der Waals surface area contributed by atoms with Crippen molar-refractivity contribution < 1.29 is 17.9 Å². The standard InChI is InChI=1S/C15H9BrF3NO/c1-9-2-4-12(16)7-14(9)21-13-5-3-11(15(17,18)19)6-10(13)8-20/h2-7H,1H3. The molecule has 0 aliphatic rings. The first-order chi connectivity index (χ1) is 9.81. The van der Waals surface area contributed by atoms with Crippen molar-refractivity contribution in [3.63, 3.8) is 0 Å². The molecule has 0 aliphatic carbocycles. The molecule has 21 heavy (non-hydrogen) atoms. The van der Waals surface area contributed by atoms with Crippen LogP contribution in [-0.2, 0) is 6.18 Å². The molecule has 6 heteroatoms. The summed E-state index contributed by atoms with van der Waals surface area (Å²) in [6.07, 6.45) is -4.49. The molecule has 0 atom stereocenters. The second-order valence-electron chi connectivity index (χ2n) is 4.33. The van der Waals surface area contributed by atoms with Crippen LogP contribution in [0, 0.1) is 18.3 Å². The van der Waals surface area contributed by atoms with Gasteiger partial charge in [0.1, 0.15) is 17.6 Å². The van der Waals surface area contributed by atoms with Crippen LogP contribution in [0.15, 0.2) is 40.9 Å². The topological polar surface area (TPSA) is 33.0 Å². The average Bonchev–Trinajstić information content (AvgIpc) is 2.42. The van der Waals surface area contributed by atoms with Crippen molar-refractivity contribution >= 4 is 15.9 Å². The number of nitriles is 1. The molecule has 0 fully saturated rings. The van der Waals surface area contributed by atoms with E-state index in [9.17, 15) is 13.2 Å². The minimum atomic E-state index is -4.49. The largest absolute Gasteiger partial charge is 0.456 e. The maximum atomic E-state index is 12.6. The van der Waals surface area contributed by atoms with Gasteiger partial charge in [0.05, 0.1) is 11.1 Å². The fraction of sp³-hybridized carbons (Fsp3) is 0.133. The van der Waals surface area contributed by atoms with Gasteiger partial charge in [0.15, 0.2) is 0 Å². The highest BCUT2D eigenvalue weighted by molar-refractivity contribution is 9.10. The summed E-state index contributed by atoms with van der Waals surface area (Å²) >= 11 is 3.29. The van der Waals surface area contributed by atoms with Crippen molar-refractivity contribution in [2.24, 2.45) is 0 Å². The number of aryl methyl sites for hydroxylation is 1. The van der Waals surface area contributed by atoms with Gasteiger partial charge in [-0.2, -0.15) is 18.4 Å². The Hall–Kier alpha value is -2.00. The molecule has 0 saturated heterocycles. The second kappa shape index (κ2) is 5.78. The van der Waals surface area contributed by atoms with E-state index in [1.54, 1.807) is 25.1 Å². The Balaban J connectivity index is 2.41. The maximum Gasteiger partial charge on any atom is 0.416 e. The molecule has 0 bridgehead atoms. The SMILES string of the molecule is Cc1ccc(Br)cc1Oc1ccc(C(F)(F)F)cc1C#N. The number of hydrogen-bond donors (Lipinski definition) is 0. The second-order valence-corrected chi connectivity index (χ2v) is 5.25. The quantitative estimate of drug-likeness (QED) is 0.718. The molecule has 0 saturated carbocycles. The zero-order valence-electron chi connectivity index (χ0n) is 10.8. The van der Waals surface area contributed by atoms with E-state index >= 15 is 0 Å². The molecular formula is C15H9BrF3NO. The van der Waals surface area contributed by atoms with E-state index < -0.39 is 11.7 Å². The highest BCUT2D eigenvalue weighted by Gasteiger charge is 2.31. The van der Waals surface area contributed by atoms with Crippen LogP contribution in [0.1, 0.15) is 16.7 Å². The van der Waals surface area contributed by atoms with E-state index in [4.69, 9.17) is 10.00 Å². The Bertz CT molecular complexity index is 720. The Kier molecular flexibility index (Phi) is 4.24. The van der Waals surface area contributed by atoms with E-state index in [1.165, 1.54) is 0 Å². The lowest BCUT2D eigenvalue weighted by molar-refractivity contribution is -0.137. The molecule has 0 spiro atoms. The van der Waals surface area contributed by atoms with Crippen LogP contribution in [0.3, 0.4) is 0 Å². The Morgan fingerprint density at radius 1 is 1.10 bits per heavy atom. The number of rotatable bonds is 2. The number of ether oxygens (including phenoxy) is 1. The monoisotopic (exact) mass is 355 g/mol. The lowest BCUT2D eigenvalue weighted by atomic mass is 10.1. The van der Waals surface area contributed by atoms with Crippen molar-refractivity contribution in [2.45, 2.75) is 13.1 Å². The van der Waals surface area contributed by atoms with E-state index in [-0.39, 0.29) is 11.3 Å². The third kappa shape index (κ3) is 3.56. The molecule has 0 radical (unpaired) electrons. The van der Waals surface area contributed by atoms with Gasteiger partial charge in [0.2, 0.25) is 0 Å². The molecule has 0 aliphatic heterocycles. The lowest BCUT2D eigenvalue weighted by Crippen LogP contribution is -2.05. The van der Waals surface area contributed by atoms with Crippen LogP contribution in [0.2, 0.25) is 0 Å². The van der Waals surface area contributed by atoms with Crippen LogP contribution >= 0.6 is 15.9 Å². The molecule has 2 aromatic carbocycles. The minimum absolute atomic E-state index is 0.0895. The molecule has 0 N–H and O–H groups in total. The van der Waals surface area contributed by atoms with Gasteiger partial charge in [-0.05, 0) is 42.8 Å². The van der Waals surface area contributed by atoms with E-state index in [2.05, 4.69) is 15.9 Å². The van der Waals surface area contributed by atoms with Gasteiger partial charge in [-0.25, -0.2) is 0 Å². The molecule has 0 aromatic heterocycles. The first-order valence-electron chi connectivity index (χ1n) is 5.86. The maximum absolute atomic E-state index is 12.6. The number of alkyl halides is 3. The van der Waals surface area contributed by atoms with Gasteiger partial charge in [-0.3, -0.25) is 0 Å². The summed E-state index contributed by atoms with van der Waals surface area (Å²) in [5.74, 6) is 0.562. The number of nitrogens with zero attached hydrogens (tertiary/aromatic N) is 1. The molecular weight excluding hydrogens is 347 g/mol. The van der Waals surface area contributed by atoms with Gasteiger partial charge in [0, 0.05) is 4.47 Å². The van der Waals surface area contributed by atoms with Gasteiger partial charge in [-0.15, -0.1) is 0 Å². The first kappa shape index (κ1) is 15.4. The summed E-state index contributed by atoms with van der Waals surface area (Å²) in [6.45, 7) is 1.80. The number of benzene rings is 2. The minimum Gasteiger partial charge on any atom is -0.456 e. The molecule has 2 nitrogen and oxygen atoms in total. The molecule has 2 aromatic rings. The van der Waals surface area contributed by atoms with Crippen LogP contribution in [0.4, 0.5) is 13.2 Å². The summed E-state index contributed by atoms with van der Waals surface area (Å²) in [5.41, 5.74) is -0.233. The summed E-state index contributed by atoms with van der Waals surface area (Å²) in [6, 6.07) is 9.86. The third-order valence-corrected chi connectivity index (χ3v) is 3.29. The van der Waals surface area contributed by atoms with Crippen LogP contribution in [-0.4, -0.2) is 0 Å². The lowest BCUT2D eigenvalue weighted by Gasteiger charge is -2.12. The number of halogens is 4. The van der Waals surface area contributed by atoms with E-state index in [1.807, 2.05) is 6.07 Å². The van der Waals surface area contributed by atoms with Crippen molar-refractivity contribution in [3.8, 4) is 17.6 Å². The fourth-order valence-corrected chi connectivity index (χ4v) is 2.03. The summed E-state index contributed by atoms with van der Waals surface area (Å²) < 4.78 is 44.2. The predicted octanol–water partition coefficient (Wildman–Crippen LogP) is 5.44. The average molecular weight is 356 g/mol. The van der Waals surface area contributed by atoms with Crippen molar-refractivity contribution in [2.75, 3.05) is 0 Å². The van der Waals surface area contributed by atoms with E-state index in [0.717, 1.165) is 28.2 Å². The van der Waals surface area contributed by atoms with Crippen molar-refractivity contribution in [1.82, 2.24) is 0 Å². The van der Waals surface area contributed by atoms with Gasteiger partial charge >= 0.3 is 6.18 Å². The molecule has 108 valence electrons. The Labute approximate surface area is 127 Å². The zero-order chi connectivity index (χ0) is 15.6. The molecule has 0 amide bonds. The van der Waals surface area contributed by atoms with Crippen LogP contribution in [0.25, 0.3) is 0 Å². The smallest absolute Gasteiger partial charge is 0.416 e. The third-order valence-electron chi connectivity index (χ3n) is 2.80. The summed E-state index contributed by atoms with van der Waals surface area (Å²) in [5, 5.41) is 9.00. The van der Waals surface area contributed by atoms with Gasteiger partial charge in [-0.1, -0.05) is 22.0 Å².